The van der Waals surface area contributed by atoms with Crippen molar-refractivity contribution in [2.24, 2.45) is 0 Å². The number of aromatic nitrogens is 5. The lowest BCUT2D eigenvalue weighted by atomic mass is 9.84. The molecular formula is C24H20F2N6O. The molecule has 0 radical (unpaired) electrons. The van der Waals surface area contributed by atoms with E-state index in [4.69, 9.17) is 9.51 Å². The number of aromatic amines is 2. The van der Waals surface area contributed by atoms with Gasteiger partial charge in [0.15, 0.2) is 5.82 Å². The van der Waals surface area contributed by atoms with E-state index in [2.05, 4.69) is 25.4 Å². The second-order valence-electron chi connectivity index (χ2n) is 8.61. The normalized spacial score (nSPS) is 20.3. The smallest absolute Gasteiger partial charge is 0.223 e. The minimum atomic E-state index is -0.617. The Labute approximate surface area is 187 Å². The Hall–Kier alpha value is -3.85. The third kappa shape index (κ3) is 3.23. The second-order valence-corrected chi connectivity index (χ2v) is 8.61. The van der Waals surface area contributed by atoms with Crippen LogP contribution in [0.5, 0.6) is 0 Å². The fraction of sp³-hybridized carbons (Fsp3) is 0.208. The molecule has 9 heteroatoms. The van der Waals surface area contributed by atoms with Gasteiger partial charge in [-0.2, -0.15) is 4.98 Å². The van der Waals surface area contributed by atoms with E-state index in [9.17, 15) is 8.78 Å². The van der Waals surface area contributed by atoms with Crippen molar-refractivity contribution in [3.8, 4) is 11.3 Å². The number of hydrogen-bond donors (Lipinski definition) is 3. The second kappa shape index (κ2) is 7.08. The highest BCUT2D eigenvalue weighted by Crippen LogP contribution is 2.41. The molecule has 0 amide bonds. The molecule has 2 aromatic carbocycles. The lowest BCUT2D eigenvalue weighted by Gasteiger charge is -2.37. The number of nitrogens with one attached hydrogen (secondary N) is 3. The van der Waals surface area contributed by atoms with Crippen LogP contribution in [0.2, 0.25) is 0 Å². The Bertz CT molecular complexity index is 1480. The molecule has 1 unspecified atom stereocenters. The van der Waals surface area contributed by atoms with E-state index in [0.717, 1.165) is 22.2 Å². The molecule has 0 aliphatic carbocycles. The lowest BCUT2D eigenvalue weighted by molar-refractivity contribution is 0.284. The standard InChI is InChI=1S/C24H20F2N6O/c1-12-28-22(32-33-12)21-20-17(16-8-7-15(26)9-18(16)29-20)10-24(2,31-21)23-27-11-19(30-23)13-3-5-14(25)6-4-13/h3-9,11,21,29,31H,10H2,1-2H3,(H,27,30)/t21?,24-/m1/s1. The van der Waals surface area contributed by atoms with Crippen molar-refractivity contribution in [3.63, 3.8) is 0 Å². The van der Waals surface area contributed by atoms with Crippen LogP contribution in [0.4, 0.5) is 8.78 Å². The monoisotopic (exact) mass is 446 g/mol. The highest BCUT2D eigenvalue weighted by atomic mass is 19.1. The molecule has 0 spiro atoms. The van der Waals surface area contributed by atoms with Crippen LogP contribution in [0.25, 0.3) is 22.2 Å². The van der Waals surface area contributed by atoms with Gasteiger partial charge in [-0.25, -0.2) is 13.8 Å². The minimum absolute atomic E-state index is 0.294. The van der Waals surface area contributed by atoms with Gasteiger partial charge in [0.05, 0.1) is 11.2 Å². The maximum Gasteiger partial charge on any atom is 0.223 e. The summed E-state index contributed by atoms with van der Waals surface area (Å²) in [5.41, 5.74) is 3.53. The maximum absolute atomic E-state index is 13.9. The first kappa shape index (κ1) is 19.8. The predicted molar refractivity (Wildman–Crippen MR) is 117 cm³/mol. The minimum Gasteiger partial charge on any atom is -0.356 e. The number of aryl methyl sites for hydroxylation is 1. The van der Waals surface area contributed by atoms with E-state index < -0.39 is 11.6 Å². The molecule has 1 aliphatic rings. The predicted octanol–water partition coefficient (Wildman–Crippen LogP) is 4.68. The van der Waals surface area contributed by atoms with Crippen molar-refractivity contribution in [2.45, 2.75) is 31.8 Å². The number of benzene rings is 2. The zero-order valence-electron chi connectivity index (χ0n) is 17.9. The summed E-state index contributed by atoms with van der Waals surface area (Å²) in [4.78, 5) is 15.9. The van der Waals surface area contributed by atoms with Gasteiger partial charge in [0, 0.05) is 41.7 Å². The van der Waals surface area contributed by atoms with Crippen LogP contribution < -0.4 is 5.32 Å². The third-order valence-electron chi connectivity index (χ3n) is 6.23. The topological polar surface area (TPSA) is 95.4 Å². The van der Waals surface area contributed by atoms with Gasteiger partial charge in [0.1, 0.15) is 23.5 Å². The van der Waals surface area contributed by atoms with Gasteiger partial charge in [-0.3, -0.25) is 5.32 Å². The van der Waals surface area contributed by atoms with E-state index in [-0.39, 0.29) is 11.6 Å². The highest BCUT2D eigenvalue weighted by molar-refractivity contribution is 5.85. The first-order valence-corrected chi connectivity index (χ1v) is 10.6. The number of nitrogens with zero attached hydrogens (tertiary/aromatic N) is 3. The van der Waals surface area contributed by atoms with Gasteiger partial charge in [-0.05, 0) is 55.0 Å². The summed E-state index contributed by atoms with van der Waals surface area (Å²) in [6.45, 7) is 3.78. The molecule has 0 bridgehead atoms. The summed E-state index contributed by atoms with van der Waals surface area (Å²) in [6.07, 6.45) is 2.40. The molecule has 3 aromatic heterocycles. The van der Waals surface area contributed by atoms with Gasteiger partial charge >= 0.3 is 0 Å². The van der Waals surface area contributed by atoms with Crippen LogP contribution in [0.1, 0.15) is 41.8 Å². The first-order chi connectivity index (χ1) is 15.9. The summed E-state index contributed by atoms with van der Waals surface area (Å²) in [7, 11) is 0. The quantitative estimate of drug-likeness (QED) is 0.374. The molecule has 7 nitrogen and oxygen atoms in total. The van der Waals surface area contributed by atoms with Crippen LogP contribution >= 0.6 is 0 Å². The number of hydrogen-bond acceptors (Lipinski definition) is 5. The molecule has 4 heterocycles. The van der Waals surface area contributed by atoms with Crippen molar-refractivity contribution in [3.05, 3.63) is 89.1 Å². The summed E-state index contributed by atoms with van der Waals surface area (Å²) in [6, 6.07) is 10.5. The molecule has 0 saturated carbocycles. The third-order valence-corrected chi connectivity index (χ3v) is 6.23. The molecule has 1 aliphatic heterocycles. The van der Waals surface area contributed by atoms with Gasteiger partial charge in [-0.1, -0.05) is 5.16 Å². The molecule has 3 N–H and O–H groups in total. The Morgan fingerprint density at radius 3 is 2.61 bits per heavy atom. The first-order valence-electron chi connectivity index (χ1n) is 10.6. The van der Waals surface area contributed by atoms with E-state index >= 15 is 0 Å². The van der Waals surface area contributed by atoms with Crippen LogP contribution in [0, 0.1) is 18.6 Å². The van der Waals surface area contributed by atoms with Crippen molar-refractivity contribution in [2.75, 3.05) is 0 Å². The van der Waals surface area contributed by atoms with E-state index in [1.807, 2.05) is 13.1 Å². The van der Waals surface area contributed by atoms with E-state index in [1.165, 1.54) is 24.3 Å². The van der Waals surface area contributed by atoms with E-state index in [0.29, 0.717) is 35.2 Å². The Morgan fingerprint density at radius 1 is 1.06 bits per heavy atom. The molecule has 166 valence electrons. The Balaban J connectivity index is 1.47. The number of halogens is 2. The average Bonchev–Trinajstić information content (AvgIpc) is 3.52. The maximum atomic E-state index is 13.9. The number of imidazole rings is 1. The number of H-pyrrole nitrogens is 2. The molecule has 5 aromatic rings. The van der Waals surface area contributed by atoms with Gasteiger partial charge < -0.3 is 14.5 Å². The van der Waals surface area contributed by atoms with Gasteiger partial charge in [-0.15, -0.1) is 0 Å². The molecule has 2 atom stereocenters. The molecule has 33 heavy (non-hydrogen) atoms. The summed E-state index contributed by atoms with van der Waals surface area (Å²) >= 11 is 0. The average molecular weight is 446 g/mol. The Kier molecular flexibility index (Phi) is 4.25. The zero-order valence-corrected chi connectivity index (χ0v) is 17.9. The van der Waals surface area contributed by atoms with Gasteiger partial charge in [0.25, 0.3) is 0 Å². The number of rotatable bonds is 3. The van der Waals surface area contributed by atoms with Crippen LogP contribution in [0.3, 0.4) is 0 Å². The SMILES string of the molecule is Cc1nc(C2N[C@@](C)(c3nc(-c4ccc(F)cc4)c[nH]3)Cc3c2[nH]c2cc(F)ccc32)no1. The Morgan fingerprint density at radius 2 is 1.85 bits per heavy atom. The fourth-order valence-corrected chi connectivity index (χ4v) is 4.63. The summed E-state index contributed by atoms with van der Waals surface area (Å²) in [5, 5.41) is 8.69. The highest BCUT2D eigenvalue weighted by Gasteiger charge is 2.42. The van der Waals surface area contributed by atoms with Crippen molar-refractivity contribution >= 4 is 10.9 Å². The molecule has 0 saturated heterocycles. The molecule has 6 rings (SSSR count). The summed E-state index contributed by atoms with van der Waals surface area (Å²) < 4.78 is 32.5. The van der Waals surface area contributed by atoms with E-state index in [1.54, 1.807) is 25.1 Å². The lowest BCUT2D eigenvalue weighted by Crippen LogP contribution is -2.48. The van der Waals surface area contributed by atoms with Crippen LogP contribution in [0.15, 0.2) is 53.2 Å². The fourth-order valence-electron chi connectivity index (χ4n) is 4.63. The number of fused-ring (bicyclic) bond motifs is 3. The van der Waals surface area contributed by atoms with Crippen molar-refractivity contribution in [1.29, 1.82) is 0 Å². The van der Waals surface area contributed by atoms with Crippen molar-refractivity contribution in [1.82, 2.24) is 30.4 Å². The van der Waals surface area contributed by atoms with Crippen LogP contribution in [-0.2, 0) is 12.0 Å². The zero-order chi connectivity index (χ0) is 22.7. The molecular weight excluding hydrogens is 426 g/mol. The largest absolute Gasteiger partial charge is 0.356 e. The van der Waals surface area contributed by atoms with Crippen molar-refractivity contribution < 1.29 is 13.3 Å². The van der Waals surface area contributed by atoms with Crippen LogP contribution in [-0.4, -0.2) is 25.1 Å². The van der Waals surface area contributed by atoms with Gasteiger partial charge in [0.2, 0.25) is 5.89 Å². The summed E-state index contributed by atoms with van der Waals surface area (Å²) in [5.74, 6) is 1.06. The molecule has 0 fully saturated rings.